The number of ether oxygens (including phenoxy) is 1. The number of halogens is 1. The highest BCUT2D eigenvalue weighted by Crippen LogP contribution is 2.34. The number of hydrogen-bond donors (Lipinski definition) is 3. The molecule has 12 heteroatoms. The average Bonchev–Trinajstić information content (AvgIpc) is 3.54. The van der Waals surface area contributed by atoms with Gasteiger partial charge in [-0.15, -0.1) is 21.5 Å². The highest BCUT2D eigenvalue weighted by molar-refractivity contribution is 7.20. The highest BCUT2D eigenvalue weighted by Gasteiger charge is 2.30. The molecule has 0 aliphatic carbocycles. The molecule has 5 aromatic rings. The van der Waals surface area contributed by atoms with Gasteiger partial charge in [-0.1, -0.05) is 41.9 Å². The van der Waals surface area contributed by atoms with E-state index < -0.39 is 13.2 Å². The first-order valence-electron chi connectivity index (χ1n) is 13.4. The molecule has 0 saturated heterocycles. The van der Waals surface area contributed by atoms with Crippen molar-refractivity contribution in [2.45, 2.75) is 25.8 Å². The number of benzene rings is 3. The van der Waals surface area contributed by atoms with Crippen molar-refractivity contribution in [3.8, 4) is 11.4 Å². The standard InChI is InChI=1S/C30H27BClN5O4S/c1-17-35-36-30-25(16-27(38)33-13-12-22-14-19-4-3-5-24(31(39)40)29(19)42-22)34-28(18-6-8-20(32)9-7-18)23-15-21(41-2)10-11-26(23)37(17)30/h3-11,14-15,25,39-40H,12-13,16H2,1-2H3,(H,33,38)/t25-/m0/s1. The van der Waals surface area contributed by atoms with Gasteiger partial charge in [0.15, 0.2) is 5.82 Å². The molecule has 0 fully saturated rings. The molecular formula is C30H27BClN5O4S. The number of hydrogen-bond acceptors (Lipinski definition) is 8. The van der Waals surface area contributed by atoms with Crippen molar-refractivity contribution < 1.29 is 19.6 Å². The zero-order valence-corrected chi connectivity index (χ0v) is 24.5. The highest BCUT2D eigenvalue weighted by atomic mass is 35.5. The van der Waals surface area contributed by atoms with Gasteiger partial charge in [0.25, 0.3) is 0 Å². The number of fused-ring (bicyclic) bond motifs is 4. The summed E-state index contributed by atoms with van der Waals surface area (Å²) in [6, 6.07) is 20.1. The van der Waals surface area contributed by atoms with E-state index in [0.717, 1.165) is 31.8 Å². The van der Waals surface area contributed by atoms with E-state index in [1.807, 2.05) is 66.1 Å². The summed E-state index contributed by atoms with van der Waals surface area (Å²) < 4.78 is 8.31. The summed E-state index contributed by atoms with van der Waals surface area (Å²) in [5, 5.41) is 32.7. The van der Waals surface area contributed by atoms with E-state index in [4.69, 9.17) is 21.3 Å². The zero-order chi connectivity index (χ0) is 29.4. The van der Waals surface area contributed by atoms with Gasteiger partial charge in [0, 0.05) is 32.3 Å². The number of aromatic nitrogens is 3. The molecular weight excluding hydrogens is 573 g/mol. The van der Waals surface area contributed by atoms with Gasteiger partial charge < -0.3 is 20.1 Å². The second kappa shape index (κ2) is 11.7. The Bertz CT molecular complexity index is 1820. The van der Waals surface area contributed by atoms with Crippen LogP contribution in [0.4, 0.5) is 0 Å². The van der Waals surface area contributed by atoms with Gasteiger partial charge in [-0.25, -0.2) is 0 Å². The third-order valence-electron chi connectivity index (χ3n) is 7.23. The molecule has 212 valence electrons. The average molecular weight is 600 g/mol. The third-order valence-corrected chi connectivity index (χ3v) is 8.74. The van der Waals surface area contributed by atoms with E-state index in [0.29, 0.717) is 46.6 Å². The Morgan fingerprint density at radius 2 is 1.93 bits per heavy atom. The molecule has 6 rings (SSSR count). The largest absolute Gasteiger partial charge is 0.497 e. The molecule has 0 bridgehead atoms. The zero-order valence-electron chi connectivity index (χ0n) is 22.9. The van der Waals surface area contributed by atoms with Crippen LogP contribution in [0.1, 0.15) is 40.1 Å². The second-order valence-electron chi connectivity index (χ2n) is 9.98. The lowest BCUT2D eigenvalue weighted by Crippen LogP contribution is -2.29. The van der Waals surface area contributed by atoms with Crippen LogP contribution in [0.25, 0.3) is 15.8 Å². The minimum atomic E-state index is -1.53. The molecule has 1 aliphatic heterocycles. The smallest absolute Gasteiger partial charge is 0.489 e. The molecule has 0 radical (unpaired) electrons. The Morgan fingerprint density at radius 1 is 1.12 bits per heavy atom. The van der Waals surface area contributed by atoms with Crippen LogP contribution in [0.3, 0.4) is 0 Å². The summed E-state index contributed by atoms with van der Waals surface area (Å²) in [6.07, 6.45) is 0.685. The Labute approximate surface area is 251 Å². The van der Waals surface area contributed by atoms with Crippen molar-refractivity contribution in [3.63, 3.8) is 0 Å². The molecule has 1 aliphatic rings. The van der Waals surface area contributed by atoms with E-state index in [1.165, 1.54) is 11.3 Å². The van der Waals surface area contributed by atoms with Crippen LogP contribution in [0.2, 0.25) is 5.02 Å². The number of aryl methyl sites for hydroxylation is 1. The van der Waals surface area contributed by atoms with Crippen LogP contribution in [-0.4, -0.2) is 57.2 Å². The quantitative estimate of drug-likeness (QED) is 0.234. The van der Waals surface area contributed by atoms with E-state index in [9.17, 15) is 14.8 Å². The maximum Gasteiger partial charge on any atom is 0.489 e. The molecule has 1 amide bonds. The number of methoxy groups -OCH3 is 1. The maximum absolute atomic E-state index is 13.3. The number of nitrogens with one attached hydrogen (secondary N) is 1. The molecule has 0 saturated carbocycles. The maximum atomic E-state index is 13.3. The molecule has 9 nitrogen and oxygen atoms in total. The normalized spacial score (nSPS) is 14.1. The molecule has 3 N–H and O–H groups in total. The van der Waals surface area contributed by atoms with Crippen LogP contribution >= 0.6 is 22.9 Å². The molecule has 1 atom stereocenters. The monoisotopic (exact) mass is 599 g/mol. The number of carbonyl (C=O) groups is 1. The first kappa shape index (κ1) is 28.1. The number of nitrogens with zero attached hydrogens (tertiary/aromatic N) is 4. The summed E-state index contributed by atoms with van der Waals surface area (Å²) in [5.41, 5.74) is 3.72. The van der Waals surface area contributed by atoms with E-state index >= 15 is 0 Å². The van der Waals surface area contributed by atoms with Crippen LogP contribution in [0.15, 0.2) is 71.7 Å². The molecule has 2 aromatic heterocycles. The lowest BCUT2D eigenvalue weighted by atomic mass is 9.80. The minimum absolute atomic E-state index is 0.0770. The van der Waals surface area contributed by atoms with E-state index in [2.05, 4.69) is 15.5 Å². The predicted octanol–water partition coefficient (Wildman–Crippen LogP) is 3.77. The lowest BCUT2D eigenvalue weighted by molar-refractivity contribution is -0.121. The molecule has 3 aromatic carbocycles. The van der Waals surface area contributed by atoms with E-state index in [1.54, 1.807) is 19.2 Å². The van der Waals surface area contributed by atoms with Gasteiger partial charge in [0.2, 0.25) is 5.91 Å². The fourth-order valence-electron chi connectivity index (χ4n) is 5.22. The number of rotatable bonds is 8. The molecule has 42 heavy (non-hydrogen) atoms. The Kier molecular flexibility index (Phi) is 7.83. The SMILES string of the molecule is COc1ccc2c(c1)C(c1ccc(Cl)cc1)=N[C@@H](CC(=O)NCCc1cc3cccc(B(O)O)c3s1)c1nnc(C)n1-2. The number of aliphatic imine (C=N–C) groups is 1. The lowest BCUT2D eigenvalue weighted by Gasteiger charge is -2.14. The first-order chi connectivity index (χ1) is 20.3. The Hall–Kier alpha value is -4.03. The van der Waals surface area contributed by atoms with Crippen LogP contribution in [-0.2, 0) is 11.2 Å². The summed E-state index contributed by atoms with van der Waals surface area (Å²) in [7, 11) is 0.0871. The van der Waals surface area contributed by atoms with E-state index in [-0.39, 0.29) is 12.3 Å². The summed E-state index contributed by atoms with van der Waals surface area (Å²) in [5.74, 6) is 1.78. The van der Waals surface area contributed by atoms with Gasteiger partial charge in [-0.05, 0) is 60.6 Å². The molecule has 3 heterocycles. The Balaban J connectivity index is 1.27. The third kappa shape index (κ3) is 5.44. The van der Waals surface area contributed by atoms with Crippen molar-refractivity contribution in [2.75, 3.05) is 13.7 Å². The summed E-state index contributed by atoms with van der Waals surface area (Å²) in [6.45, 7) is 2.30. The number of amides is 1. The fraction of sp³-hybridized carbons (Fsp3) is 0.200. The van der Waals surface area contributed by atoms with Crippen molar-refractivity contribution in [3.05, 3.63) is 99.4 Å². The number of carbonyl (C=O) groups excluding carboxylic acids is 1. The van der Waals surface area contributed by atoms with Crippen LogP contribution < -0.4 is 15.5 Å². The van der Waals surface area contributed by atoms with Crippen molar-refractivity contribution in [1.82, 2.24) is 20.1 Å². The Morgan fingerprint density at radius 3 is 2.69 bits per heavy atom. The van der Waals surface area contributed by atoms with Crippen LogP contribution in [0, 0.1) is 6.92 Å². The van der Waals surface area contributed by atoms with Crippen molar-refractivity contribution in [1.29, 1.82) is 0 Å². The van der Waals surface area contributed by atoms with Gasteiger partial charge >= 0.3 is 7.12 Å². The fourth-order valence-corrected chi connectivity index (χ4v) is 6.53. The van der Waals surface area contributed by atoms with Gasteiger partial charge in [0.05, 0.1) is 24.9 Å². The molecule has 0 unspecified atom stereocenters. The van der Waals surface area contributed by atoms with Crippen molar-refractivity contribution in [2.24, 2.45) is 4.99 Å². The van der Waals surface area contributed by atoms with Gasteiger partial charge in [-0.3, -0.25) is 14.4 Å². The number of thiophene rings is 1. The second-order valence-corrected chi connectivity index (χ2v) is 11.6. The van der Waals surface area contributed by atoms with Crippen molar-refractivity contribution >= 4 is 57.2 Å². The first-order valence-corrected chi connectivity index (χ1v) is 14.6. The molecule has 0 spiro atoms. The summed E-state index contributed by atoms with van der Waals surface area (Å²) >= 11 is 7.68. The summed E-state index contributed by atoms with van der Waals surface area (Å²) in [4.78, 5) is 19.4. The topological polar surface area (TPSA) is 122 Å². The minimum Gasteiger partial charge on any atom is -0.497 e. The van der Waals surface area contributed by atoms with Gasteiger partial charge in [0.1, 0.15) is 17.6 Å². The van der Waals surface area contributed by atoms with Gasteiger partial charge in [-0.2, -0.15) is 0 Å². The van der Waals surface area contributed by atoms with Crippen LogP contribution in [0.5, 0.6) is 5.75 Å². The predicted molar refractivity (Wildman–Crippen MR) is 165 cm³/mol.